The number of nitrogens with one attached hydrogen (secondary N) is 1. The summed E-state index contributed by atoms with van der Waals surface area (Å²) in [5, 5.41) is 2.89. The number of benzene rings is 1. The lowest BCUT2D eigenvalue weighted by Crippen LogP contribution is -2.28. The molecule has 1 aliphatic rings. The number of para-hydroxylation sites is 1. The Bertz CT molecular complexity index is 1070. The van der Waals surface area contributed by atoms with Gasteiger partial charge in [-0.1, -0.05) is 37.5 Å². The lowest BCUT2D eigenvalue weighted by atomic mass is 9.88. The van der Waals surface area contributed by atoms with Crippen LogP contribution in [-0.2, 0) is 6.54 Å². The van der Waals surface area contributed by atoms with E-state index in [-0.39, 0.29) is 16.9 Å². The minimum Gasteiger partial charge on any atom is -0.344 e. The van der Waals surface area contributed by atoms with Gasteiger partial charge in [-0.3, -0.25) is 14.6 Å². The van der Waals surface area contributed by atoms with Gasteiger partial charge in [0.05, 0.1) is 5.69 Å². The first-order chi connectivity index (χ1) is 14.6. The highest BCUT2D eigenvalue weighted by Crippen LogP contribution is 2.29. The van der Waals surface area contributed by atoms with E-state index in [0.717, 1.165) is 17.8 Å². The number of carbonyl (C=O) groups excluding carboxylic acids is 1. The first-order valence-corrected chi connectivity index (χ1v) is 10.6. The Labute approximate surface area is 176 Å². The number of aryl methyl sites for hydroxylation is 1. The second kappa shape index (κ2) is 9.08. The minimum atomic E-state index is -0.387. The number of pyridine rings is 2. The first kappa shape index (κ1) is 20.1. The zero-order valence-electron chi connectivity index (χ0n) is 17.3. The van der Waals surface area contributed by atoms with Gasteiger partial charge >= 0.3 is 0 Å². The summed E-state index contributed by atoms with van der Waals surface area (Å²) in [5.74, 6) is 0.169. The van der Waals surface area contributed by atoms with Crippen LogP contribution in [-0.4, -0.2) is 15.5 Å². The molecule has 1 fully saturated rings. The van der Waals surface area contributed by atoms with Crippen LogP contribution in [0.5, 0.6) is 0 Å². The van der Waals surface area contributed by atoms with Crippen molar-refractivity contribution in [3.8, 4) is 11.3 Å². The molecule has 154 valence electrons. The lowest BCUT2D eigenvalue weighted by molar-refractivity contribution is 0.102. The van der Waals surface area contributed by atoms with Gasteiger partial charge in [-0.15, -0.1) is 0 Å². The van der Waals surface area contributed by atoms with Crippen molar-refractivity contribution in [2.24, 2.45) is 5.92 Å². The summed E-state index contributed by atoms with van der Waals surface area (Å²) < 4.78 is 2.15. The van der Waals surface area contributed by atoms with E-state index >= 15 is 0 Å². The smallest absolute Gasteiger partial charge is 0.261 e. The van der Waals surface area contributed by atoms with Crippen molar-refractivity contribution in [1.29, 1.82) is 0 Å². The van der Waals surface area contributed by atoms with E-state index in [2.05, 4.69) is 14.9 Å². The zero-order chi connectivity index (χ0) is 20.9. The van der Waals surface area contributed by atoms with Crippen molar-refractivity contribution >= 4 is 11.6 Å². The average Bonchev–Trinajstić information content (AvgIpc) is 2.77. The van der Waals surface area contributed by atoms with Crippen molar-refractivity contribution in [2.45, 2.75) is 45.6 Å². The van der Waals surface area contributed by atoms with Gasteiger partial charge in [0.15, 0.2) is 5.43 Å². The normalized spacial score (nSPS) is 14.4. The molecule has 0 aliphatic heterocycles. The molecule has 30 heavy (non-hydrogen) atoms. The molecule has 0 spiro atoms. The SMILES string of the molecule is Cc1cc(=O)c(C(=O)Nc2ccccc2)c(-c2cccnc2)n1CC1CCCCC1. The quantitative estimate of drug-likeness (QED) is 0.651. The molecule has 1 aliphatic carbocycles. The molecule has 3 aromatic rings. The van der Waals surface area contributed by atoms with Crippen LogP contribution < -0.4 is 10.7 Å². The minimum absolute atomic E-state index is 0.174. The molecule has 0 unspecified atom stereocenters. The van der Waals surface area contributed by atoms with Crippen molar-refractivity contribution in [2.75, 3.05) is 5.32 Å². The van der Waals surface area contributed by atoms with E-state index < -0.39 is 0 Å². The van der Waals surface area contributed by atoms with Crippen LogP contribution in [0.25, 0.3) is 11.3 Å². The number of aromatic nitrogens is 2. The number of rotatable bonds is 5. The van der Waals surface area contributed by atoms with Crippen molar-refractivity contribution in [1.82, 2.24) is 9.55 Å². The maximum absolute atomic E-state index is 13.2. The molecule has 1 saturated carbocycles. The van der Waals surface area contributed by atoms with Crippen LogP contribution in [0.4, 0.5) is 5.69 Å². The maximum Gasteiger partial charge on any atom is 0.261 e. The van der Waals surface area contributed by atoms with Crippen LogP contribution >= 0.6 is 0 Å². The number of carbonyl (C=O) groups is 1. The lowest BCUT2D eigenvalue weighted by Gasteiger charge is -2.27. The molecule has 5 heteroatoms. The van der Waals surface area contributed by atoms with Gasteiger partial charge < -0.3 is 9.88 Å². The molecular weight excluding hydrogens is 374 g/mol. The molecule has 0 bridgehead atoms. The number of anilines is 1. The van der Waals surface area contributed by atoms with Gasteiger partial charge in [0.1, 0.15) is 5.56 Å². The van der Waals surface area contributed by atoms with E-state index in [0.29, 0.717) is 17.3 Å². The van der Waals surface area contributed by atoms with Crippen LogP contribution in [0.15, 0.2) is 65.7 Å². The zero-order valence-corrected chi connectivity index (χ0v) is 17.3. The molecule has 1 aromatic carbocycles. The van der Waals surface area contributed by atoms with Crippen LogP contribution in [0.3, 0.4) is 0 Å². The molecule has 0 radical (unpaired) electrons. The molecule has 0 saturated heterocycles. The molecule has 2 aromatic heterocycles. The van der Waals surface area contributed by atoms with Gasteiger partial charge in [-0.05, 0) is 49.9 Å². The third kappa shape index (κ3) is 4.35. The third-order valence-corrected chi connectivity index (χ3v) is 5.88. The second-order valence-electron chi connectivity index (χ2n) is 8.05. The highest BCUT2D eigenvalue weighted by molar-refractivity contribution is 6.08. The molecule has 1 N–H and O–H groups in total. The van der Waals surface area contributed by atoms with Crippen molar-refractivity contribution < 1.29 is 4.79 Å². The maximum atomic E-state index is 13.2. The molecule has 0 atom stereocenters. The Morgan fingerprint density at radius 3 is 2.57 bits per heavy atom. The van der Waals surface area contributed by atoms with Crippen LogP contribution in [0.1, 0.15) is 48.2 Å². The molecule has 4 rings (SSSR count). The Balaban J connectivity index is 1.82. The predicted molar refractivity (Wildman–Crippen MR) is 120 cm³/mol. The Morgan fingerprint density at radius 2 is 1.87 bits per heavy atom. The summed E-state index contributed by atoms with van der Waals surface area (Å²) in [6, 6.07) is 14.6. The summed E-state index contributed by atoms with van der Waals surface area (Å²) in [7, 11) is 0. The van der Waals surface area contributed by atoms with Gasteiger partial charge in [-0.2, -0.15) is 0 Å². The van der Waals surface area contributed by atoms with E-state index in [1.54, 1.807) is 18.5 Å². The molecular formula is C25H27N3O2. The van der Waals surface area contributed by atoms with Gasteiger partial charge in [0.25, 0.3) is 5.91 Å². The molecule has 5 nitrogen and oxygen atoms in total. The summed E-state index contributed by atoms with van der Waals surface area (Å²) in [6.45, 7) is 2.75. The average molecular weight is 402 g/mol. The van der Waals surface area contributed by atoms with Gasteiger partial charge in [0, 0.05) is 41.9 Å². The molecule has 1 amide bonds. The largest absolute Gasteiger partial charge is 0.344 e. The van der Waals surface area contributed by atoms with Gasteiger partial charge in [0.2, 0.25) is 0 Å². The predicted octanol–water partition coefficient (Wildman–Crippen LogP) is 5.05. The van der Waals surface area contributed by atoms with Crippen LogP contribution in [0, 0.1) is 12.8 Å². The fraction of sp³-hybridized carbons (Fsp3) is 0.320. The fourth-order valence-corrected chi connectivity index (χ4v) is 4.37. The summed E-state index contributed by atoms with van der Waals surface area (Å²) in [5.41, 5.74) is 2.89. The number of hydrogen-bond donors (Lipinski definition) is 1. The van der Waals surface area contributed by atoms with E-state index in [1.165, 1.54) is 32.1 Å². The second-order valence-corrected chi connectivity index (χ2v) is 8.05. The summed E-state index contributed by atoms with van der Waals surface area (Å²) in [4.78, 5) is 30.5. The standard InChI is InChI=1S/C25H27N3O2/c1-18-15-22(29)23(25(30)27-21-12-6-3-7-13-21)24(20-11-8-14-26-16-20)28(18)17-19-9-4-2-5-10-19/h3,6-8,11-16,19H,2,4-5,9-10,17H2,1H3,(H,27,30). The highest BCUT2D eigenvalue weighted by Gasteiger charge is 2.24. The number of nitrogens with zero attached hydrogens (tertiary/aromatic N) is 2. The Hall–Kier alpha value is -3.21. The van der Waals surface area contributed by atoms with Gasteiger partial charge in [-0.25, -0.2) is 0 Å². The summed E-state index contributed by atoms with van der Waals surface area (Å²) in [6.07, 6.45) is 9.57. The monoisotopic (exact) mass is 401 g/mol. The van der Waals surface area contributed by atoms with E-state index in [9.17, 15) is 9.59 Å². The summed E-state index contributed by atoms with van der Waals surface area (Å²) >= 11 is 0. The first-order valence-electron chi connectivity index (χ1n) is 10.6. The van der Waals surface area contributed by atoms with E-state index in [1.807, 2.05) is 49.4 Å². The van der Waals surface area contributed by atoms with Crippen LogP contribution in [0.2, 0.25) is 0 Å². The Morgan fingerprint density at radius 1 is 1.10 bits per heavy atom. The topological polar surface area (TPSA) is 64.0 Å². The third-order valence-electron chi connectivity index (χ3n) is 5.88. The van der Waals surface area contributed by atoms with E-state index in [4.69, 9.17) is 0 Å². The highest BCUT2D eigenvalue weighted by atomic mass is 16.2. The molecule has 2 heterocycles. The van der Waals surface area contributed by atoms with Crippen molar-refractivity contribution in [3.05, 3.63) is 82.4 Å². The Kier molecular flexibility index (Phi) is 6.07. The van der Waals surface area contributed by atoms with Crippen molar-refractivity contribution in [3.63, 3.8) is 0 Å². The fourth-order valence-electron chi connectivity index (χ4n) is 4.37. The number of hydrogen-bond acceptors (Lipinski definition) is 3. The number of amides is 1.